The summed E-state index contributed by atoms with van der Waals surface area (Å²) in [6.07, 6.45) is 3.62. The number of carbonyl (C=O) groups is 1. The minimum Gasteiger partial charge on any atom is -0.349 e. The van der Waals surface area contributed by atoms with Crippen molar-refractivity contribution in [3.8, 4) is 0 Å². The zero-order chi connectivity index (χ0) is 17.7. The number of carbonyl (C=O) groups excluding carboxylic acids is 1. The molecule has 0 spiro atoms. The van der Waals surface area contributed by atoms with E-state index in [0.29, 0.717) is 12.1 Å². The molecule has 1 aromatic carbocycles. The molecule has 0 radical (unpaired) electrons. The van der Waals surface area contributed by atoms with E-state index in [4.69, 9.17) is 5.73 Å². The van der Waals surface area contributed by atoms with Crippen LogP contribution < -0.4 is 15.8 Å². The molecule has 0 heterocycles. The van der Waals surface area contributed by atoms with Gasteiger partial charge in [0.2, 0.25) is 10.0 Å². The average Bonchev–Trinajstić information content (AvgIpc) is 2.55. The highest BCUT2D eigenvalue weighted by molar-refractivity contribution is 7.89. The molecule has 1 fully saturated rings. The van der Waals surface area contributed by atoms with Gasteiger partial charge in [-0.1, -0.05) is 13.8 Å². The van der Waals surface area contributed by atoms with Crippen LogP contribution in [0.3, 0.4) is 0 Å². The lowest BCUT2D eigenvalue weighted by molar-refractivity contribution is 0.0926. The topological polar surface area (TPSA) is 101 Å². The SMILES string of the molecule is CC(C)CNS(=O)(=O)c1ccc(C(=O)NC2CCC(N)CC2)cc1.Cl. The predicted molar refractivity (Wildman–Crippen MR) is 101 cm³/mol. The van der Waals surface area contributed by atoms with Crippen molar-refractivity contribution in [3.05, 3.63) is 29.8 Å². The highest BCUT2D eigenvalue weighted by atomic mass is 35.5. The van der Waals surface area contributed by atoms with E-state index in [1.807, 2.05) is 13.8 Å². The Kier molecular flexibility index (Phi) is 8.34. The van der Waals surface area contributed by atoms with E-state index in [-0.39, 0.29) is 41.2 Å². The lowest BCUT2D eigenvalue weighted by Gasteiger charge is -2.26. The Bertz CT molecular complexity index is 654. The van der Waals surface area contributed by atoms with Crippen LogP contribution in [0.25, 0.3) is 0 Å². The molecule has 0 bridgehead atoms. The fourth-order valence-corrected chi connectivity index (χ4v) is 3.89. The summed E-state index contributed by atoms with van der Waals surface area (Å²) in [6.45, 7) is 4.26. The molecule has 4 N–H and O–H groups in total. The molecular formula is C17H28ClN3O3S. The number of hydrogen-bond donors (Lipinski definition) is 3. The van der Waals surface area contributed by atoms with Gasteiger partial charge < -0.3 is 11.1 Å². The lowest BCUT2D eigenvalue weighted by Crippen LogP contribution is -2.40. The zero-order valence-corrected chi connectivity index (χ0v) is 16.3. The van der Waals surface area contributed by atoms with Crippen LogP contribution in [0.15, 0.2) is 29.2 Å². The second-order valence-corrected chi connectivity index (χ2v) is 8.62. The number of amides is 1. The van der Waals surface area contributed by atoms with Crippen LogP contribution in [-0.2, 0) is 10.0 Å². The Labute approximate surface area is 156 Å². The fraction of sp³-hybridized carbons (Fsp3) is 0.588. The molecular weight excluding hydrogens is 362 g/mol. The molecule has 8 heteroatoms. The summed E-state index contributed by atoms with van der Waals surface area (Å²) < 4.78 is 26.8. The Morgan fingerprint density at radius 3 is 2.24 bits per heavy atom. The Morgan fingerprint density at radius 2 is 1.72 bits per heavy atom. The average molecular weight is 390 g/mol. The van der Waals surface area contributed by atoms with Crippen LogP contribution in [0.2, 0.25) is 0 Å². The van der Waals surface area contributed by atoms with Crippen LogP contribution >= 0.6 is 12.4 Å². The van der Waals surface area contributed by atoms with Crippen LogP contribution in [0.4, 0.5) is 0 Å². The predicted octanol–water partition coefficient (Wildman–Crippen LogP) is 2.04. The van der Waals surface area contributed by atoms with Crippen molar-refractivity contribution in [2.24, 2.45) is 11.7 Å². The molecule has 142 valence electrons. The van der Waals surface area contributed by atoms with Gasteiger partial charge in [0, 0.05) is 24.2 Å². The second-order valence-electron chi connectivity index (χ2n) is 6.86. The van der Waals surface area contributed by atoms with Crippen molar-refractivity contribution in [1.29, 1.82) is 0 Å². The van der Waals surface area contributed by atoms with Crippen molar-refractivity contribution in [3.63, 3.8) is 0 Å². The maximum Gasteiger partial charge on any atom is 0.251 e. The quantitative estimate of drug-likeness (QED) is 0.692. The summed E-state index contributed by atoms with van der Waals surface area (Å²) >= 11 is 0. The van der Waals surface area contributed by atoms with Gasteiger partial charge in [-0.2, -0.15) is 0 Å². The summed E-state index contributed by atoms with van der Waals surface area (Å²) in [5, 5.41) is 2.99. The molecule has 2 rings (SSSR count). The smallest absolute Gasteiger partial charge is 0.251 e. The van der Waals surface area contributed by atoms with Gasteiger partial charge in [0.05, 0.1) is 4.90 Å². The first-order valence-electron chi connectivity index (χ1n) is 8.44. The molecule has 25 heavy (non-hydrogen) atoms. The van der Waals surface area contributed by atoms with Gasteiger partial charge in [-0.15, -0.1) is 12.4 Å². The second kappa shape index (κ2) is 9.52. The van der Waals surface area contributed by atoms with E-state index >= 15 is 0 Å². The minimum absolute atomic E-state index is 0. The molecule has 0 saturated heterocycles. The number of sulfonamides is 1. The van der Waals surface area contributed by atoms with Gasteiger partial charge in [0.25, 0.3) is 5.91 Å². The Hall–Kier alpha value is -1.15. The Balaban J connectivity index is 0.00000312. The van der Waals surface area contributed by atoms with Crippen LogP contribution in [0.1, 0.15) is 49.9 Å². The number of benzene rings is 1. The third-order valence-corrected chi connectivity index (χ3v) is 5.65. The van der Waals surface area contributed by atoms with Crippen molar-refractivity contribution < 1.29 is 13.2 Å². The highest BCUT2D eigenvalue weighted by Crippen LogP contribution is 2.18. The largest absolute Gasteiger partial charge is 0.349 e. The third kappa shape index (κ3) is 6.58. The zero-order valence-electron chi connectivity index (χ0n) is 14.7. The van der Waals surface area contributed by atoms with E-state index in [1.165, 1.54) is 12.1 Å². The van der Waals surface area contributed by atoms with Crippen molar-refractivity contribution in [2.75, 3.05) is 6.54 Å². The molecule has 1 aliphatic rings. The molecule has 1 aliphatic carbocycles. The van der Waals surface area contributed by atoms with E-state index in [2.05, 4.69) is 10.0 Å². The van der Waals surface area contributed by atoms with Crippen LogP contribution in [0, 0.1) is 5.92 Å². The van der Waals surface area contributed by atoms with Gasteiger partial charge in [0.1, 0.15) is 0 Å². The number of halogens is 1. The molecule has 1 saturated carbocycles. The van der Waals surface area contributed by atoms with E-state index in [9.17, 15) is 13.2 Å². The summed E-state index contributed by atoms with van der Waals surface area (Å²) in [5.74, 6) is 0.0583. The number of hydrogen-bond acceptors (Lipinski definition) is 4. The molecule has 0 aliphatic heterocycles. The van der Waals surface area contributed by atoms with Gasteiger partial charge in [-0.3, -0.25) is 4.79 Å². The maximum atomic E-state index is 12.3. The normalized spacial score (nSPS) is 20.8. The van der Waals surface area contributed by atoms with Gasteiger partial charge in [0.15, 0.2) is 0 Å². The summed E-state index contributed by atoms with van der Waals surface area (Å²) in [4.78, 5) is 12.4. The van der Waals surface area contributed by atoms with E-state index in [0.717, 1.165) is 25.7 Å². The van der Waals surface area contributed by atoms with Gasteiger partial charge >= 0.3 is 0 Å². The van der Waals surface area contributed by atoms with E-state index in [1.54, 1.807) is 12.1 Å². The van der Waals surface area contributed by atoms with Gasteiger partial charge in [-0.25, -0.2) is 13.1 Å². The van der Waals surface area contributed by atoms with Crippen LogP contribution in [-0.4, -0.2) is 33.0 Å². The summed E-state index contributed by atoms with van der Waals surface area (Å²) in [5.41, 5.74) is 6.33. The van der Waals surface area contributed by atoms with Crippen molar-refractivity contribution in [1.82, 2.24) is 10.0 Å². The fourth-order valence-electron chi connectivity index (χ4n) is 2.68. The molecule has 6 nitrogen and oxygen atoms in total. The first-order chi connectivity index (χ1) is 11.3. The number of nitrogens with two attached hydrogens (primary N) is 1. The van der Waals surface area contributed by atoms with E-state index < -0.39 is 10.0 Å². The third-order valence-electron chi connectivity index (χ3n) is 4.22. The lowest BCUT2D eigenvalue weighted by atomic mass is 9.91. The highest BCUT2D eigenvalue weighted by Gasteiger charge is 2.21. The molecule has 1 aromatic rings. The molecule has 0 atom stereocenters. The summed E-state index contributed by atoms with van der Waals surface area (Å²) in [6, 6.07) is 6.42. The maximum absolute atomic E-state index is 12.3. The van der Waals surface area contributed by atoms with Crippen molar-refractivity contribution in [2.45, 2.75) is 56.5 Å². The van der Waals surface area contributed by atoms with Crippen molar-refractivity contribution >= 4 is 28.3 Å². The first kappa shape index (κ1) is 21.9. The monoisotopic (exact) mass is 389 g/mol. The minimum atomic E-state index is -3.53. The van der Waals surface area contributed by atoms with Gasteiger partial charge in [-0.05, 0) is 55.9 Å². The van der Waals surface area contributed by atoms with Crippen LogP contribution in [0.5, 0.6) is 0 Å². The standard InChI is InChI=1S/C17H27N3O3S.ClH/c1-12(2)11-19-24(22,23)16-9-3-13(4-10-16)17(21)20-15-7-5-14(18)6-8-15;/h3-4,9-10,12,14-15,19H,5-8,11,18H2,1-2H3,(H,20,21);1H. The number of nitrogens with one attached hydrogen (secondary N) is 2. The molecule has 1 amide bonds. The Morgan fingerprint density at radius 1 is 1.16 bits per heavy atom. The first-order valence-corrected chi connectivity index (χ1v) is 9.92. The molecule has 0 aromatic heterocycles. The summed E-state index contributed by atoms with van der Waals surface area (Å²) in [7, 11) is -3.53. The number of rotatable bonds is 6. The molecule has 0 unspecified atom stereocenters.